The second kappa shape index (κ2) is 7.82. The summed E-state index contributed by atoms with van der Waals surface area (Å²) >= 11 is 1.38. The van der Waals surface area contributed by atoms with Crippen molar-refractivity contribution in [2.24, 2.45) is 35.0 Å². The molecular formula is C24H30O4S. The molecule has 6 atom stereocenters. The number of esters is 1. The van der Waals surface area contributed by atoms with Gasteiger partial charge in [-0.05, 0) is 66.4 Å². The van der Waals surface area contributed by atoms with Gasteiger partial charge in [-0.25, -0.2) is 4.79 Å². The summed E-state index contributed by atoms with van der Waals surface area (Å²) in [6, 6.07) is 3.62. The smallest absolute Gasteiger partial charge is 0.348 e. The van der Waals surface area contributed by atoms with Crippen molar-refractivity contribution in [3.8, 4) is 0 Å². The van der Waals surface area contributed by atoms with Crippen molar-refractivity contribution >= 4 is 28.9 Å². The van der Waals surface area contributed by atoms with Gasteiger partial charge in [0.25, 0.3) is 0 Å². The minimum Gasteiger partial charge on any atom is -0.461 e. The fraction of sp³-hybridized carbons (Fsp3) is 0.625. The Bertz CT molecular complexity index is 826. The molecule has 3 fully saturated rings. The van der Waals surface area contributed by atoms with E-state index in [-0.39, 0.29) is 40.7 Å². The van der Waals surface area contributed by atoms with E-state index in [9.17, 15) is 14.4 Å². The molecule has 0 amide bonds. The van der Waals surface area contributed by atoms with E-state index in [1.165, 1.54) is 11.3 Å². The lowest BCUT2D eigenvalue weighted by Gasteiger charge is -2.54. The molecule has 0 radical (unpaired) electrons. The first-order valence-electron chi connectivity index (χ1n) is 10.8. The van der Waals surface area contributed by atoms with Crippen LogP contribution < -0.4 is 0 Å². The molecule has 0 saturated heterocycles. The fourth-order valence-corrected chi connectivity index (χ4v) is 6.81. The topological polar surface area (TPSA) is 60.4 Å². The van der Waals surface area contributed by atoms with Gasteiger partial charge < -0.3 is 4.74 Å². The minimum atomic E-state index is -0.484. The second-order valence-corrected chi connectivity index (χ2v) is 10.4. The van der Waals surface area contributed by atoms with E-state index in [2.05, 4.69) is 20.4 Å². The third kappa shape index (κ3) is 3.52. The average molecular weight is 415 g/mol. The highest BCUT2D eigenvalue weighted by Crippen LogP contribution is 2.57. The number of ether oxygens (including phenoxy) is 1. The second-order valence-electron chi connectivity index (χ2n) is 9.41. The molecule has 1 heterocycles. The lowest BCUT2D eigenvalue weighted by atomic mass is 9.49. The number of hydrogen-bond donors (Lipinski definition) is 0. The predicted molar refractivity (Wildman–Crippen MR) is 113 cm³/mol. The Morgan fingerprint density at radius 1 is 1.34 bits per heavy atom. The predicted octanol–water partition coefficient (Wildman–Crippen LogP) is 5.09. The molecule has 0 N–H and O–H groups in total. The number of fused-ring (bicyclic) bond motifs is 3. The van der Waals surface area contributed by atoms with Crippen molar-refractivity contribution in [3.63, 3.8) is 0 Å². The number of rotatable bonds is 4. The fourth-order valence-electron chi connectivity index (χ4n) is 6.20. The molecule has 0 bridgehead atoms. The van der Waals surface area contributed by atoms with Crippen molar-refractivity contribution in [1.29, 1.82) is 0 Å². The molecule has 1 aromatic heterocycles. The first-order chi connectivity index (χ1) is 13.9. The Kier molecular flexibility index (Phi) is 5.54. The van der Waals surface area contributed by atoms with E-state index in [1.807, 2.05) is 11.4 Å². The molecule has 3 aliphatic rings. The van der Waals surface area contributed by atoms with Gasteiger partial charge in [0.05, 0.1) is 12.5 Å². The Labute approximate surface area is 176 Å². The average Bonchev–Trinajstić information content (AvgIpc) is 3.24. The molecule has 3 saturated carbocycles. The highest BCUT2D eigenvalue weighted by molar-refractivity contribution is 7.11. The molecule has 4 unspecified atom stereocenters. The van der Waals surface area contributed by atoms with Crippen molar-refractivity contribution < 1.29 is 19.1 Å². The zero-order chi connectivity index (χ0) is 20.8. The monoisotopic (exact) mass is 414 g/mol. The summed E-state index contributed by atoms with van der Waals surface area (Å²) in [6.45, 7) is 8.63. The van der Waals surface area contributed by atoms with Gasteiger partial charge >= 0.3 is 5.97 Å². The van der Waals surface area contributed by atoms with E-state index < -0.39 is 5.92 Å². The Balaban J connectivity index is 1.55. The summed E-state index contributed by atoms with van der Waals surface area (Å²) < 4.78 is 5.71. The van der Waals surface area contributed by atoms with Crippen molar-refractivity contribution in [2.45, 2.75) is 52.4 Å². The first-order valence-corrected chi connectivity index (χ1v) is 11.7. The SMILES string of the molecule is C=C1C(=O)C2C(=O)CC3C(CCC[C@@]3(C)COC(=O)c3cccs3)C2C[C@@H]1CC. The van der Waals surface area contributed by atoms with Crippen LogP contribution in [-0.2, 0) is 14.3 Å². The lowest BCUT2D eigenvalue weighted by molar-refractivity contribution is -0.149. The Morgan fingerprint density at radius 3 is 2.83 bits per heavy atom. The quantitative estimate of drug-likeness (QED) is 0.391. The van der Waals surface area contributed by atoms with Crippen molar-refractivity contribution in [2.75, 3.05) is 6.61 Å². The molecule has 1 aromatic rings. The molecule has 0 spiro atoms. The van der Waals surface area contributed by atoms with Crippen LogP contribution in [0.3, 0.4) is 0 Å². The number of allylic oxidation sites excluding steroid dienone is 1. The summed E-state index contributed by atoms with van der Waals surface area (Å²) in [6.07, 6.45) is 5.28. The maximum atomic E-state index is 13.1. The number of carbonyl (C=O) groups is 3. The van der Waals surface area contributed by atoms with Crippen LogP contribution in [0.25, 0.3) is 0 Å². The molecule has 156 valence electrons. The Hall–Kier alpha value is -1.75. The molecule has 5 heteroatoms. The van der Waals surface area contributed by atoms with Gasteiger partial charge in [-0.1, -0.05) is 32.9 Å². The third-order valence-corrected chi connectivity index (χ3v) is 8.69. The van der Waals surface area contributed by atoms with Crippen LogP contribution in [0.5, 0.6) is 0 Å². The standard InChI is InChI=1S/C24H30O4S/c1-4-15-11-17-16-7-5-9-24(3,13-28-23(27)20-8-6-10-29-20)18(16)12-19(25)21(17)22(26)14(15)2/h6,8,10,15-18,21H,2,4-5,7,9,11-13H2,1,3H3/t15-,16?,17?,18?,21?,24-/m0/s1. The largest absolute Gasteiger partial charge is 0.461 e. The van der Waals surface area contributed by atoms with E-state index >= 15 is 0 Å². The van der Waals surface area contributed by atoms with Crippen molar-refractivity contribution in [3.05, 3.63) is 34.5 Å². The summed E-state index contributed by atoms with van der Waals surface area (Å²) in [4.78, 5) is 39.0. The van der Waals surface area contributed by atoms with E-state index in [4.69, 9.17) is 4.74 Å². The third-order valence-electron chi connectivity index (χ3n) is 7.84. The maximum absolute atomic E-state index is 13.1. The molecular weight excluding hydrogens is 384 g/mol. The lowest BCUT2D eigenvalue weighted by Crippen LogP contribution is -2.54. The number of hydrogen-bond acceptors (Lipinski definition) is 5. The summed E-state index contributed by atoms with van der Waals surface area (Å²) in [5, 5.41) is 1.87. The molecule has 29 heavy (non-hydrogen) atoms. The van der Waals surface area contributed by atoms with Gasteiger partial charge in [0.2, 0.25) is 0 Å². The molecule has 0 aromatic carbocycles. The van der Waals surface area contributed by atoms with Crippen LogP contribution in [0.4, 0.5) is 0 Å². The van der Waals surface area contributed by atoms with Gasteiger partial charge in [-0.2, -0.15) is 0 Å². The molecule has 4 rings (SSSR count). The molecule has 3 aliphatic carbocycles. The van der Waals surface area contributed by atoms with Crippen LogP contribution in [0.15, 0.2) is 29.7 Å². The van der Waals surface area contributed by atoms with Gasteiger partial charge in [0.15, 0.2) is 5.78 Å². The summed E-state index contributed by atoms with van der Waals surface area (Å²) in [7, 11) is 0. The van der Waals surface area contributed by atoms with E-state index in [0.29, 0.717) is 29.4 Å². The molecule has 4 nitrogen and oxygen atoms in total. The Morgan fingerprint density at radius 2 is 2.14 bits per heavy atom. The minimum absolute atomic E-state index is 0.00653. The van der Waals surface area contributed by atoms with Crippen LogP contribution in [0, 0.1) is 35.0 Å². The molecule has 0 aliphatic heterocycles. The summed E-state index contributed by atoms with van der Waals surface area (Å²) in [5.41, 5.74) is 0.444. The van der Waals surface area contributed by atoms with Gasteiger partial charge in [0, 0.05) is 11.8 Å². The number of thiophene rings is 1. The van der Waals surface area contributed by atoms with Crippen LogP contribution in [0.1, 0.15) is 62.0 Å². The number of carbonyl (C=O) groups excluding carboxylic acids is 3. The first kappa shape index (κ1) is 20.5. The van der Waals surface area contributed by atoms with Crippen LogP contribution in [0.2, 0.25) is 0 Å². The number of Topliss-reactive ketones (excluding diaryl/α,β-unsaturated/α-hetero) is 2. The maximum Gasteiger partial charge on any atom is 0.348 e. The normalized spacial score (nSPS) is 37.0. The summed E-state index contributed by atoms with van der Waals surface area (Å²) in [5.74, 6) is 0.154. The zero-order valence-corrected chi connectivity index (χ0v) is 18.1. The highest BCUT2D eigenvalue weighted by atomic mass is 32.1. The van der Waals surface area contributed by atoms with E-state index in [0.717, 1.165) is 32.1 Å². The van der Waals surface area contributed by atoms with Crippen LogP contribution >= 0.6 is 11.3 Å². The zero-order valence-electron chi connectivity index (χ0n) is 17.3. The van der Waals surface area contributed by atoms with Gasteiger partial charge in [0.1, 0.15) is 10.7 Å². The highest BCUT2D eigenvalue weighted by Gasteiger charge is 2.56. The van der Waals surface area contributed by atoms with Crippen LogP contribution in [-0.4, -0.2) is 24.1 Å². The van der Waals surface area contributed by atoms with Gasteiger partial charge in [-0.15, -0.1) is 11.3 Å². The number of ketones is 2. The van der Waals surface area contributed by atoms with E-state index in [1.54, 1.807) is 6.07 Å². The van der Waals surface area contributed by atoms with Gasteiger partial charge in [-0.3, -0.25) is 9.59 Å². The van der Waals surface area contributed by atoms with Crippen molar-refractivity contribution in [1.82, 2.24) is 0 Å².